The Balaban J connectivity index is 2.45. The third kappa shape index (κ3) is 7.40. The second kappa shape index (κ2) is 9.21. The second-order valence-corrected chi connectivity index (χ2v) is 5.17. The number of rotatable bonds is 8. The molecule has 0 aliphatic rings. The van der Waals surface area contributed by atoms with Gasteiger partial charge in [0.15, 0.2) is 17.5 Å². The van der Waals surface area contributed by atoms with Crippen molar-refractivity contribution in [3.63, 3.8) is 0 Å². The van der Waals surface area contributed by atoms with Gasteiger partial charge in [-0.2, -0.15) is 13.2 Å². The third-order valence-corrected chi connectivity index (χ3v) is 3.09. The Kier molecular flexibility index (Phi) is 7.63. The smallest absolute Gasteiger partial charge is 0.401 e. The number of nitrogens with zero attached hydrogens (tertiary/aromatic N) is 2. The van der Waals surface area contributed by atoms with Gasteiger partial charge in [-0.15, -0.1) is 0 Å². The highest BCUT2D eigenvalue weighted by Crippen LogP contribution is 2.29. The number of alkyl halides is 3. The van der Waals surface area contributed by atoms with Gasteiger partial charge in [0.25, 0.3) is 0 Å². The summed E-state index contributed by atoms with van der Waals surface area (Å²) >= 11 is 0. The molecule has 0 amide bonds. The Morgan fingerprint density at radius 2 is 1.92 bits per heavy atom. The lowest BCUT2D eigenvalue weighted by atomic mass is 10.3. The largest absolute Gasteiger partial charge is 0.493 e. The lowest BCUT2D eigenvalue weighted by Gasteiger charge is -2.17. The fourth-order valence-electron chi connectivity index (χ4n) is 2.03. The molecule has 0 aliphatic heterocycles. The van der Waals surface area contributed by atoms with Gasteiger partial charge >= 0.3 is 6.18 Å². The van der Waals surface area contributed by atoms with Gasteiger partial charge in [-0.1, -0.05) is 0 Å². The van der Waals surface area contributed by atoms with Crippen LogP contribution in [0, 0.1) is 0 Å². The molecule has 0 bridgehead atoms. The van der Waals surface area contributed by atoms with Gasteiger partial charge in [0.2, 0.25) is 0 Å². The number of hydrogen-bond donors (Lipinski definition) is 2. The molecule has 9 heteroatoms. The topological polar surface area (TPSA) is 72.1 Å². The number of nitrogens with one attached hydrogen (secondary N) is 1. The van der Waals surface area contributed by atoms with Crippen molar-refractivity contribution in [3.8, 4) is 11.5 Å². The molecule has 0 saturated heterocycles. The molecule has 0 fully saturated rings. The van der Waals surface area contributed by atoms with Crippen LogP contribution in [0.2, 0.25) is 0 Å². The van der Waals surface area contributed by atoms with Crippen LogP contribution < -0.4 is 20.5 Å². The lowest BCUT2D eigenvalue weighted by molar-refractivity contribution is -0.143. The van der Waals surface area contributed by atoms with E-state index in [1.165, 1.54) is 26.2 Å². The molecule has 0 heterocycles. The summed E-state index contributed by atoms with van der Waals surface area (Å²) < 4.78 is 46.9. The number of ether oxygens (including phenoxy) is 2. The molecule has 3 N–H and O–H groups in total. The minimum atomic E-state index is -4.19. The molecule has 0 unspecified atom stereocenters. The lowest BCUT2D eigenvalue weighted by Crippen LogP contribution is -2.32. The Bertz CT molecular complexity index is 550. The first-order valence-electron chi connectivity index (χ1n) is 7.29. The van der Waals surface area contributed by atoms with Crippen LogP contribution in [-0.4, -0.2) is 57.9 Å². The molecule has 0 spiro atoms. The van der Waals surface area contributed by atoms with Crippen molar-refractivity contribution in [1.82, 2.24) is 4.90 Å². The van der Waals surface area contributed by atoms with Gasteiger partial charge < -0.3 is 20.5 Å². The number of guanidine groups is 1. The Morgan fingerprint density at radius 3 is 2.50 bits per heavy atom. The van der Waals surface area contributed by atoms with Crippen LogP contribution >= 0.6 is 0 Å². The van der Waals surface area contributed by atoms with Gasteiger partial charge in [-0.3, -0.25) is 9.89 Å². The number of benzene rings is 1. The SMILES string of the molecule is COc1ccc(NC(N)=NCCCN(C)CC(F)(F)F)cc1OC. The predicted molar refractivity (Wildman–Crippen MR) is 87.8 cm³/mol. The molecule has 1 aromatic carbocycles. The third-order valence-electron chi connectivity index (χ3n) is 3.09. The fraction of sp³-hybridized carbons (Fsp3) is 0.533. The highest BCUT2D eigenvalue weighted by molar-refractivity contribution is 5.92. The van der Waals surface area contributed by atoms with E-state index in [0.29, 0.717) is 30.2 Å². The molecular formula is C15H23F3N4O2. The van der Waals surface area contributed by atoms with E-state index in [0.717, 1.165) is 0 Å². The maximum Gasteiger partial charge on any atom is 0.401 e. The zero-order chi connectivity index (χ0) is 18.2. The summed E-state index contributed by atoms with van der Waals surface area (Å²) in [7, 11) is 4.48. The van der Waals surface area contributed by atoms with Crippen molar-refractivity contribution in [2.75, 3.05) is 46.2 Å². The maximum absolute atomic E-state index is 12.2. The average molecular weight is 348 g/mol. The molecular weight excluding hydrogens is 325 g/mol. The van der Waals surface area contributed by atoms with Crippen molar-refractivity contribution in [2.45, 2.75) is 12.6 Å². The fourth-order valence-corrected chi connectivity index (χ4v) is 2.03. The number of halogens is 3. The summed E-state index contributed by atoms with van der Waals surface area (Å²) in [5, 5.41) is 2.89. The van der Waals surface area contributed by atoms with E-state index in [9.17, 15) is 13.2 Å². The van der Waals surface area contributed by atoms with Crippen LogP contribution in [0.25, 0.3) is 0 Å². The highest BCUT2D eigenvalue weighted by Gasteiger charge is 2.28. The number of nitrogens with two attached hydrogens (primary N) is 1. The van der Waals surface area contributed by atoms with Gasteiger partial charge in [0.05, 0.1) is 20.8 Å². The monoisotopic (exact) mass is 348 g/mol. The summed E-state index contributed by atoms with van der Waals surface area (Å²) in [6, 6.07) is 5.18. The summed E-state index contributed by atoms with van der Waals surface area (Å²) in [4.78, 5) is 5.29. The quantitative estimate of drug-likeness (QED) is 0.429. The van der Waals surface area contributed by atoms with Crippen molar-refractivity contribution in [2.24, 2.45) is 10.7 Å². The first-order chi connectivity index (χ1) is 11.2. The second-order valence-electron chi connectivity index (χ2n) is 5.17. The maximum atomic E-state index is 12.2. The van der Waals surface area contributed by atoms with Gasteiger partial charge in [0.1, 0.15) is 0 Å². The van der Waals surface area contributed by atoms with E-state index in [4.69, 9.17) is 15.2 Å². The Labute approximate surface area is 139 Å². The van der Waals surface area contributed by atoms with Gasteiger partial charge in [-0.05, 0) is 32.1 Å². The number of aliphatic imine (C=N–C) groups is 1. The van der Waals surface area contributed by atoms with Crippen LogP contribution in [0.15, 0.2) is 23.2 Å². The minimum Gasteiger partial charge on any atom is -0.493 e. The van der Waals surface area contributed by atoms with Crippen LogP contribution in [0.1, 0.15) is 6.42 Å². The molecule has 0 aromatic heterocycles. The summed E-state index contributed by atoms with van der Waals surface area (Å²) in [6.07, 6.45) is -3.72. The summed E-state index contributed by atoms with van der Waals surface area (Å²) in [6.45, 7) is -0.322. The van der Waals surface area contributed by atoms with E-state index in [-0.39, 0.29) is 12.5 Å². The highest BCUT2D eigenvalue weighted by atomic mass is 19.4. The minimum absolute atomic E-state index is 0.181. The molecule has 6 nitrogen and oxygen atoms in total. The van der Waals surface area contributed by atoms with Crippen LogP contribution in [0.5, 0.6) is 11.5 Å². The van der Waals surface area contributed by atoms with Crippen LogP contribution in [0.4, 0.5) is 18.9 Å². The zero-order valence-corrected chi connectivity index (χ0v) is 14.0. The predicted octanol–water partition coefficient (Wildman–Crippen LogP) is 2.31. The van der Waals surface area contributed by atoms with Gasteiger partial charge in [-0.25, -0.2) is 0 Å². The molecule has 0 atom stereocenters. The molecule has 24 heavy (non-hydrogen) atoms. The van der Waals surface area contributed by atoms with Crippen molar-refractivity contribution < 1.29 is 22.6 Å². The van der Waals surface area contributed by atoms with Crippen molar-refractivity contribution in [1.29, 1.82) is 0 Å². The van der Waals surface area contributed by atoms with Crippen molar-refractivity contribution in [3.05, 3.63) is 18.2 Å². The van der Waals surface area contributed by atoms with E-state index in [2.05, 4.69) is 10.3 Å². The zero-order valence-electron chi connectivity index (χ0n) is 14.0. The van der Waals surface area contributed by atoms with Crippen LogP contribution in [0.3, 0.4) is 0 Å². The van der Waals surface area contributed by atoms with Gasteiger partial charge in [0, 0.05) is 18.3 Å². The normalized spacial score (nSPS) is 12.4. The first-order valence-corrected chi connectivity index (χ1v) is 7.29. The van der Waals surface area contributed by atoms with Crippen molar-refractivity contribution >= 4 is 11.6 Å². The standard InChI is InChI=1S/C15H23F3N4O2/c1-22(10-15(16,17)18)8-4-7-20-14(19)21-11-5-6-12(23-2)13(9-11)24-3/h5-6,9H,4,7-8,10H2,1-3H3,(H3,19,20,21). The molecule has 1 rings (SSSR count). The Morgan fingerprint density at radius 1 is 1.25 bits per heavy atom. The molecule has 0 radical (unpaired) electrons. The molecule has 1 aromatic rings. The summed E-state index contributed by atoms with van der Waals surface area (Å²) in [5.74, 6) is 1.32. The Hall–Kier alpha value is -2.16. The van der Waals surface area contributed by atoms with E-state index in [1.807, 2.05) is 0 Å². The van der Waals surface area contributed by atoms with E-state index >= 15 is 0 Å². The molecule has 136 valence electrons. The van der Waals surface area contributed by atoms with E-state index < -0.39 is 12.7 Å². The molecule has 0 saturated carbocycles. The number of hydrogen-bond acceptors (Lipinski definition) is 4. The van der Waals surface area contributed by atoms with Crippen LogP contribution in [-0.2, 0) is 0 Å². The summed E-state index contributed by atoms with van der Waals surface area (Å²) in [5.41, 5.74) is 6.43. The molecule has 0 aliphatic carbocycles. The number of anilines is 1. The number of methoxy groups -OCH3 is 2. The first kappa shape index (κ1) is 19.9. The average Bonchev–Trinajstić information content (AvgIpc) is 2.49. The van der Waals surface area contributed by atoms with E-state index in [1.54, 1.807) is 18.2 Å².